The molecule has 1 amide bonds. The molecule has 1 aromatic carbocycles. The first kappa shape index (κ1) is 24.1. The molecule has 38 heavy (non-hydrogen) atoms. The number of rotatable bonds is 6. The average Bonchev–Trinajstić information content (AvgIpc) is 3.52. The molecular weight excluding hydrogens is 478 g/mol. The first-order chi connectivity index (χ1) is 18.4. The SMILES string of the molecule is CN(C)CC(=O)Nc1cccc(-c2ccc3[nH]nc(-c4cc5c(N6CCN(C)CC6)cncc5[nH]4)c3n2)c1. The maximum atomic E-state index is 12.2. The van der Waals surface area contributed by atoms with E-state index in [1.54, 1.807) is 0 Å². The maximum Gasteiger partial charge on any atom is 0.238 e. The molecule has 10 heteroatoms. The minimum Gasteiger partial charge on any atom is -0.367 e. The molecule has 4 aromatic heterocycles. The zero-order chi connectivity index (χ0) is 26.2. The van der Waals surface area contributed by atoms with Crippen LogP contribution in [0.2, 0.25) is 0 Å². The van der Waals surface area contributed by atoms with Gasteiger partial charge in [-0.1, -0.05) is 12.1 Å². The number of aromatic amines is 2. The Morgan fingerprint density at radius 2 is 1.89 bits per heavy atom. The predicted octanol–water partition coefficient (Wildman–Crippen LogP) is 3.42. The number of nitrogens with zero attached hydrogens (tertiary/aromatic N) is 6. The van der Waals surface area contributed by atoms with Crippen molar-refractivity contribution in [3.05, 3.63) is 54.9 Å². The fourth-order valence-corrected chi connectivity index (χ4v) is 4.95. The zero-order valence-corrected chi connectivity index (χ0v) is 21.8. The molecule has 1 saturated heterocycles. The monoisotopic (exact) mass is 509 g/mol. The Bertz CT molecular complexity index is 1610. The smallest absolute Gasteiger partial charge is 0.238 e. The van der Waals surface area contributed by atoms with E-state index in [0.717, 1.165) is 82.1 Å². The standard InChI is InChI=1S/C28H31N9O/c1-35(2)17-26(38)30-19-6-4-5-18(13-19)21-7-8-22-27(32-21)28(34-33-22)23-14-20-24(31-23)15-29-16-25(20)37-11-9-36(3)10-12-37/h4-8,13-16,31H,9-12,17H2,1-3H3,(H,30,38)(H,33,34). The van der Waals surface area contributed by atoms with Crippen LogP contribution in [0.5, 0.6) is 0 Å². The number of aromatic nitrogens is 5. The minimum absolute atomic E-state index is 0.0584. The predicted molar refractivity (Wildman–Crippen MR) is 151 cm³/mol. The number of hydrogen-bond acceptors (Lipinski definition) is 7. The Morgan fingerprint density at radius 1 is 1.05 bits per heavy atom. The zero-order valence-electron chi connectivity index (χ0n) is 21.8. The second-order valence-corrected chi connectivity index (χ2v) is 10.1. The number of carbonyl (C=O) groups is 1. The quantitative estimate of drug-likeness (QED) is 0.322. The molecule has 1 aliphatic heterocycles. The fraction of sp³-hybridized carbons (Fsp3) is 0.286. The Labute approximate surface area is 220 Å². The van der Waals surface area contributed by atoms with Crippen molar-refractivity contribution in [2.24, 2.45) is 0 Å². The molecule has 6 rings (SSSR count). The van der Waals surface area contributed by atoms with E-state index < -0.39 is 0 Å². The fourth-order valence-electron chi connectivity index (χ4n) is 4.95. The Hall–Kier alpha value is -4.28. The van der Waals surface area contributed by atoms with Gasteiger partial charge < -0.3 is 25.0 Å². The van der Waals surface area contributed by atoms with Gasteiger partial charge >= 0.3 is 0 Å². The highest BCUT2D eigenvalue weighted by Crippen LogP contribution is 2.33. The molecule has 0 radical (unpaired) electrons. The van der Waals surface area contributed by atoms with Crippen molar-refractivity contribution in [1.82, 2.24) is 34.9 Å². The van der Waals surface area contributed by atoms with E-state index >= 15 is 0 Å². The van der Waals surface area contributed by atoms with Crippen LogP contribution in [0.25, 0.3) is 44.6 Å². The number of likely N-dealkylation sites (N-methyl/N-ethyl adjacent to an activating group) is 2. The minimum atomic E-state index is -0.0584. The van der Waals surface area contributed by atoms with E-state index in [0.29, 0.717) is 6.54 Å². The van der Waals surface area contributed by atoms with E-state index in [-0.39, 0.29) is 5.91 Å². The topological polar surface area (TPSA) is 109 Å². The van der Waals surface area contributed by atoms with E-state index in [9.17, 15) is 4.79 Å². The van der Waals surface area contributed by atoms with Crippen LogP contribution in [0.1, 0.15) is 0 Å². The molecule has 5 heterocycles. The van der Waals surface area contributed by atoms with Crippen molar-refractivity contribution in [2.75, 3.05) is 64.1 Å². The number of anilines is 2. The van der Waals surface area contributed by atoms with Gasteiger partial charge in [0.1, 0.15) is 11.2 Å². The number of fused-ring (bicyclic) bond motifs is 2. The number of nitrogens with one attached hydrogen (secondary N) is 3. The highest BCUT2D eigenvalue weighted by molar-refractivity contribution is 5.99. The molecule has 0 saturated carbocycles. The van der Waals surface area contributed by atoms with E-state index in [4.69, 9.17) is 4.98 Å². The molecule has 0 bridgehead atoms. The summed E-state index contributed by atoms with van der Waals surface area (Å²) < 4.78 is 0. The summed E-state index contributed by atoms with van der Waals surface area (Å²) in [5.74, 6) is -0.0584. The van der Waals surface area contributed by atoms with Gasteiger partial charge in [-0.05, 0) is 51.5 Å². The number of benzene rings is 1. The van der Waals surface area contributed by atoms with Gasteiger partial charge in [-0.2, -0.15) is 5.10 Å². The first-order valence-electron chi connectivity index (χ1n) is 12.8. The summed E-state index contributed by atoms with van der Waals surface area (Å²) in [4.78, 5) is 31.8. The van der Waals surface area contributed by atoms with Crippen molar-refractivity contribution in [1.29, 1.82) is 0 Å². The summed E-state index contributed by atoms with van der Waals surface area (Å²) in [6.07, 6.45) is 3.82. The maximum absolute atomic E-state index is 12.2. The Kier molecular flexibility index (Phi) is 6.26. The molecule has 10 nitrogen and oxygen atoms in total. The Morgan fingerprint density at radius 3 is 2.71 bits per heavy atom. The lowest BCUT2D eigenvalue weighted by molar-refractivity contribution is -0.116. The van der Waals surface area contributed by atoms with Crippen molar-refractivity contribution in [3.8, 4) is 22.6 Å². The number of pyridine rings is 2. The average molecular weight is 510 g/mol. The van der Waals surface area contributed by atoms with Crippen molar-refractivity contribution >= 4 is 39.2 Å². The van der Waals surface area contributed by atoms with Gasteiger partial charge in [0.15, 0.2) is 0 Å². The molecule has 0 atom stereocenters. The molecule has 3 N–H and O–H groups in total. The number of carbonyl (C=O) groups excluding carboxylic acids is 1. The van der Waals surface area contributed by atoms with E-state index in [2.05, 4.69) is 48.4 Å². The van der Waals surface area contributed by atoms with Crippen molar-refractivity contribution in [3.63, 3.8) is 0 Å². The van der Waals surface area contributed by atoms with Gasteiger partial charge in [-0.3, -0.25) is 14.9 Å². The normalized spacial score (nSPS) is 14.6. The second kappa shape index (κ2) is 9.88. The van der Waals surface area contributed by atoms with Crippen LogP contribution in [0.4, 0.5) is 11.4 Å². The third kappa shape index (κ3) is 4.71. The highest BCUT2D eigenvalue weighted by atomic mass is 16.2. The van der Waals surface area contributed by atoms with Gasteiger partial charge in [-0.25, -0.2) is 4.98 Å². The number of piperazine rings is 1. The third-order valence-electron chi connectivity index (χ3n) is 6.93. The summed E-state index contributed by atoms with van der Waals surface area (Å²) in [7, 11) is 5.90. The molecule has 1 aliphatic rings. The van der Waals surface area contributed by atoms with E-state index in [1.807, 2.05) is 67.8 Å². The lowest BCUT2D eigenvalue weighted by Gasteiger charge is -2.34. The van der Waals surface area contributed by atoms with Crippen LogP contribution >= 0.6 is 0 Å². The Balaban J connectivity index is 1.34. The molecule has 0 aliphatic carbocycles. The molecule has 194 valence electrons. The third-order valence-corrected chi connectivity index (χ3v) is 6.93. The van der Waals surface area contributed by atoms with Crippen LogP contribution in [0, 0.1) is 0 Å². The molecule has 0 spiro atoms. The lowest BCUT2D eigenvalue weighted by atomic mass is 10.1. The molecular formula is C28H31N9O. The van der Waals surface area contributed by atoms with Crippen LogP contribution in [0.15, 0.2) is 54.9 Å². The summed E-state index contributed by atoms with van der Waals surface area (Å²) in [6.45, 7) is 4.34. The second-order valence-electron chi connectivity index (χ2n) is 10.1. The van der Waals surface area contributed by atoms with Crippen molar-refractivity contribution in [2.45, 2.75) is 0 Å². The lowest BCUT2D eigenvalue weighted by Crippen LogP contribution is -2.44. The largest absolute Gasteiger partial charge is 0.367 e. The van der Waals surface area contributed by atoms with E-state index in [1.165, 1.54) is 0 Å². The van der Waals surface area contributed by atoms with Gasteiger partial charge in [0.05, 0.1) is 47.0 Å². The van der Waals surface area contributed by atoms with Gasteiger partial charge in [0.2, 0.25) is 5.91 Å². The van der Waals surface area contributed by atoms with Crippen molar-refractivity contribution < 1.29 is 4.79 Å². The molecule has 5 aromatic rings. The van der Waals surface area contributed by atoms with Gasteiger partial charge in [0.25, 0.3) is 0 Å². The summed E-state index contributed by atoms with van der Waals surface area (Å²) in [5, 5.41) is 11.8. The number of amides is 1. The molecule has 0 unspecified atom stereocenters. The van der Waals surface area contributed by atoms with Crippen LogP contribution < -0.4 is 10.2 Å². The summed E-state index contributed by atoms with van der Waals surface area (Å²) in [6, 6.07) is 13.8. The van der Waals surface area contributed by atoms with Gasteiger partial charge in [-0.15, -0.1) is 0 Å². The highest BCUT2D eigenvalue weighted by Gasteiger charge is 2.20. The van der Waals surface area contributed by atoms with Crippen LogP contribution in [-0.2, 0) is 4.79 Å². The first-order valence-corrected chi connectivity index (χ1v) is 12.8. The number of hydrogen-bond donors (Lipinski definition) is 3. The summed E-state index contributed by atoms with van der Waals surface area (Å²) >= 11 is 0. The number of H-pyrrole nitrogens is 2. The van der Waals surface area contributed by atoms with Gasteiger partial charge in [0, 0.05) is 42.8 Å². The summed E-state index contributed by atoms with van der Waals surface area (Å²) in [5.41, 5.74) is 7.87. The molecule has 1 fully saturated rings. The van der Waals surface area contributed by atoms with Crippen LogP contribution in [0.3, 0.4) is 0 Å². The van der Waals surface area contributed by atoms with Crippen LogP contribution in [-0.4, -0.2) is 94.7 Å².